The number of nitrogens with one attached hydrogen (secondary N) is 1. The summed E-state index contributed by atoms with van der Waals surface area (Å²) in [4.78, 5) is 13.7. The molecule has 1 aliphatic rings. The molecular formula is C23H28N2O2S. The lowest BCUT2D eigenvalue weighted by molar-refractivity contribution is -0.118. The average Bonchev–Trinajstić information content (AvgIpc) is 3.03. The van der Waals surface area contributed by atoms with Gasteiger partial charge in [-0.1, -0.05) is 45.4 Å². The molecule has 1 aromatic heterocycles. The zero-order valence-electron chi connectivity index (χ0n) is 17.1. The van der Waals surface area contributed by atoms with E-state index in [1.165, 1.54) is 4.88 Å². The second kappa shape index (κ2) is 8.36. The maximum atomic E-state index is 12.4. The van der Waals surface area contributed by atoms with E-state index in [2.05, 4.69) is 32.2 Å². The fourth-order valence-corrected chi connectivity index (χ4v) is 5.07. The number of carbonyl (C=O) groups excluding carboxylic acids is 1. The van der Waals surface area contributed by atoms with Gasteiger partial charge in [0, 0.05) is 4.88 Å². The number of hydrogen-bond donors (Lipinski definition) is 1. The van der Waals surface area contributed by atoms with Crippen LogP contribution in [-0.2, 0) is 17.6 Å². The third kappa shape index (κ3) is 4.23. The normalized spacial score (nSPS) is 16.2. The highest BCUT2D eigenvalue weighted by molar-refractivity contribution is 7.16. The fourth-order valence-electron chi connectivity index (χ4n) is 3.77. The van der Waals surface area contributed by atoms with Crippen molar-refractivity contribution in [2.45, 2.75) is 53.4 Å². The van der Waals surface area contributed by atoms with E-state index in [1.807, 2.05) is 31.2 Å². The summed E-state index contributed by atoms with van der Waals surface area (Å²) in [5.74, 6) is 1.08. The molecule has 148 valence electrons. The summed E-state index contributed by atoms with van der Waals surface area (Å²) in [5, 5.41) is 13.2. The highest BCUT2D eigenvalue weighted by Crippen LogP contribution is 2.45. The van der Waals surface area contributed by atoms with Crippen LogP contribution < -0.4 is 10.1 Å². The molecule has 1 aromatic carbocycles. The van der Waals surface area contributed by atoms with Gasteiger partial charge < -0.3 is 10.1 Å². The smallest absolute Gasteiger partial charge is 0.262 e. The topological polar surface area (TPSA) is 62.1 Å². The van der Waals surface area contributed by atoms with E-state index >= 15 is 0 Å². The molecule has 1 atom stereocenters. The van der Waals surface area contributed by atoms with Gasteiger partial charge in [-0.25, -0.2) is 0 Å². The Bertz CT molecular complexity index is 908. The van der Waals surface area contributed by atoms with E-state index in [4.69, 9.17) is 4.74 Å². The zero-order chi connectivity index (χ0) is 20.3. The van der Waals surface area contributed by atoms with Crippen LogP contribution in [-0.4, -0.2) is 12.5 Å². The van der Waals surface area contributed by atoms with Crippen LogP contribution in [0.5, 0.6) is 5.75 Å². The maximum absolute atomic E-state index is 12.4. The van der Waals surface area contributed by atoms with Crippen molar-refractivity contribution in [2.24, 2.45) is 11.3 Å². The van der Waals surface area contributed by atoms with Crippen LogP contribution in [0.15, 0.2) is 24.3 Å². The Hall–Kier alpha value is -2.32. The summed E-state index contributed by atoms with van der Waals surface area (Å²) in [6.07, 6.45) is 4.15. The minimum Gasteiger partial charge on any atom is -0.483 e. The molecule has 0 aliphatic heterocycles. The number of nitriles is 1. The Morgan fingerprint density at radius 1 is 1.39 bits per heavy atom. The molecule has 0 fully saturated rings. The first kappa shape index (κ1) is 20.4. The first-order chi connectivity index (χ1) is 13.4. The largest absolute Gasteiger partial charge is 0.483 e. The van der Waals surface area contributed by atoms with Crippen molar-refractivity contribution in [3.8, 4) is 11.8 Å². The highest BCUT2D eigenvalue weighted by atomic mass is 32.1. The molecule has 0 saturated heterocycles. The Morgan fingerprint density at radius 3 is 2.82 bits per heavy atom. The number of benzene rings is 1. The van der Waals surface area contributed by atoms with Crippen molar-refractivity contribution < 1.29 is 9.53 Å². The summed E-state index contributed by atoms with van der Waals surface area (Å²) in [5.41, 5.74) is 3.05. The van der Waals surface area contributed by atoms with E-state index in [1.54, 1.807) is 11.3 Å². The lowest BCUT2D eigenvalue weighted by Gasteiger charge is -2.36. The molecule has 1 amide bonds. The number of para-hydroxylation sites is 1. The van der Waals surface area contributed by atoms with E-state index in [9.17, 15) is 10.1 Å². The predicted octanol–water partition coefficient (Wildman–Crippen LogP) is 5.49. The monoisotopic (exact) mass is 396 g/mol. The van der Waals surface area contributed by atoms with E-state index in [0.717, 1.165) is 36.8 Å². The highest BCUT2D eigenvalue weighted by Gasteiger charge is 2.34. The third-order valence-electron chi connectivity index (χ3n) is 6.10. The molecule has 3 rings (SSSR count). The van der Waals surface area contributed by atoms with Crippen molar-refractivity contribution in [2.75, 3.05) is 11.9 Å². The van der Waals surface area contributed by atoms with Gasteiger partial charge in [0.15, 0.2) is 6.61 Å². The van der Waals surface area contributed by atoms with Crippen molar-refractivity contribution in [3.05, 3.63) is 45.8 Å². The van der Waals surface area contributed by atoms with Crippen molar-refractivity contribution in [1.82, 2.24) is 0 Å². The standard InChI is InChI=1S/C23H28N2O2S/c1-5-23(3,4)16-10-11-17-18(13-24)22(28-20(17)12-16)25-21(26)14-27-19-9-7-6-8-15(19)2/h6-9,16H,5,10-12,14H2,1-4H3,(H,25,26). The van der Waals surface area contributed by atoms with Crippen LogP contribution in [0.2, 0.25) is 0 Å². The van der Waals surface area contributed by atoms with Gasteiger partial charge >= 0.3 is 0 Å². The van der Waals surface area contributed by atoms with Crippen molar-refractivity contribution >= 4 is 22.2 Å². The van der Waals surface area contributed by atoms with Crippen LogP contribution in [0.3, 0.4) is 0 Å². The molecule has 1 unspecified atom stereocenters. The molecule has 0 bridgehead atoms. The van der Waals surface area contributed by atoms with Crippen LogP contribution in [0.4, 0.5) is 5.00 Å². The summed E-state index contributed by atoms with van der Waals surface area (Å²) < 4.78 is 5.63. The van der Waals surface area contributed by atoms with Gasteiger partial charge in [0.25, 0.3) is 5.91 Å². The molecule has 5 heteroatoms. The second-order valence-electron chi connectivity index (χ2n) is 8.20. The number of nitrogens with zero attached hydrogens (tertiary/aromatic N) is 1. The van der Waals surface area contributed by atoms with E-state index < -0.39 is 0 Å². The molecule has 4 nitrogen and oxygen atoms in total. The summed E-state index contributed by atoms with van der Waals surface area (Å²) >= 11 is 1.56. The van der Waals surface area contributed by atoms with Gasteiger partial charge in [0.05, 0.1) is 5.56 Å². The number of rotatable bonds is 6. The van der Waals surface area contributed by atoms with Gasteiger partial charge in [0.1, 0.15) is 16.8 Å². The minimum atomic E-state index is -0.233. The van der Waals surface area contributed by atoms with Crippen LogP contribution in [0.1, 0.15) is 55.2 Å². The Morgan fingerprint density at radius 2 is 2.14 bits per heavy atom. The molecule has 1 heterocycles. The van der Waals surface area contributed by atoms with Crippen LogP contribution in [0, 0.1) is 29.6 Å². The van der Waals surface area contributed by atoms with Gasteiger partial charge in [-0.3, -0.25) is 4.79 Å². The number of fused-ring (bicyclic) bond motifs is 1. The van der Waals surface area contributed by atoms with Crippen LogP contribution in [0.25, 0.3) is 0 Å². The quantitative estimate of drug-likeness (QED) is 0.702. The molecule has 1 N–H and O–H groups in total. The van der Waals surface area contributed by atoms with E-state index in [-0.39, 0.29) is 12.5 Å². The second-order valence-corrected chi connectivity index (χ2v) is 9.31. The Kier molecular flexibility index (Phi) is 6.10. The molecule has 0 radical (unpaired) electrons. The molecule has 2 aromatic rings. The summed E-state index contributed by atoms with van der Waals surface area (Å²) in [6, 6.07) is 9.93. The van der Waals surface area contributed by atoms with E-state index in [0.29, 0.717) is 27.6 Å². The van der Waals surface area contributed by atoms with Crippen molar-refractivity contribution in [1.29, 1.82) is 5.26 Å². The predicted molar refractivity (Wildman–Crippen MR) is 114 cm³/mol. The lowest BCUT2D eigenvalue weighted by atomic mass is 9.69. The maximum Gasteiger partial charge on any atom is 0.262 e. The van der Waals surface area contributed by atoms with Crippen LogP contribution >= 0.6 is 11.3 Å². The Balaban J connectivity index is 1.71. The first-order valence-corrected chi connectivity index (χ1v) is 10.7. The first-order valence-electron chi connectivity index (χ1n) is 9.88. The van der Waals surface area contributed by atoms with Gasteiger partial charge in [-0.2, -0.15) is 5.26 Å². The molecule has 0 saturated carbocycles. The number of aryl methyl sites for hydroxylation is 1. The van der Waals surface area contributed by atoms with Gasteiger partial charge in [0.2, 0.25) is 0 Å². The summed E-state index contributed by atoms with van der Waals surface area (Å²) in [6.45, 7) is 8.78. The average molecular weight is 397 g/mol. The molecular weight excluding hydrogens is 368 g/mol. The Labute approximate surface area is 171 Å². The number of thiophene rings is 1. The lowest BCUT2D eigenvalue weighted by Crippen LogP contribution is -2.28. The fraction of sp³-hybridized carbons (Fsp3) is 0.478. The third-order valence-corrected chi connectivity index (χ3v) is 7.27. The number of amides is 1. The molecule has 28 heavy (non-hydrogen) atoms. The number of anilines is 1. The zero-order valence-corrected chi connectivity index (χ0v) is 17.9. The number of carbonyl (C=O) groups is 1. The SMILES string of the molecule is CCC(C)(C)C1CCc2c(sc(NC(=O)COc3ccccc3C)c2C#N)C1. The molecule has 1 aliphatic carbocycles. The molecule has 0 spiro atoms. The minimum absolute atomic E-state index is 0.0657. The summed E-state index contributed by atoms with van der Waals surface area (Å²) in [7, 11) is 0. The van der Waals surface area contributed by atoms with Gasteiger partial charge in [-0.15, -0.1) is 11.3 Å². The number of ether oxygens (including phenoxy) is 1. The number of hydrogen-bond acceptors (Lipinski definition) is 4. The van der Waals surface area contributed by atoms with Crippen molar-refractivity contribution in [3.63, 3.8) is 0 Å². The van der Waals surface area contributed by atoms with Gasteiger partial charge in [-0.05, 0) is 54.7 Å².